The summed E-state index contributed by atoms with van der Waals surface area (Å²) < 4.78 is 5.25. The van der Waals surface area contributed by atoms with E-state index >= 15 is 0 Å². The van der Waals surface area contributed by atoms with E-state index in [-0.39, 0.29) is 30.0 Å². The lowest BCUT2D eigenvalue weighted by Gasteiger charge is -2.38. The van der Waals surface area contributed by atoms with E-state index in [0.717, 1.165) is 24.2 Å². The fourth-order valence-electron chi connectivity index (χ4n) is 6.13. The Morgan fingerprint density at radius 2 is 1.59 bits per heavy atom. The van der Waals surface area contributed by atoms with Crippen LogP contribution in [0.25, 0.3) is 0 Å². The molecule has 2 aromatic rings. The number of carboxylic acid groups (broad SMARTS) is 1. The molecule has 0 spiro atoms. The third-order valence-corrected chi connectivity index (χ3v) is 8.34. The standard InChI is InChI=1S/C31H37N3O7/c1-19(27(35)32-2)34(21-13-15-22(41-3)16-14-21)30(38)26(20-9-5-4-6-10-20)25(31(39)40)17-18-33-28(36)23-11-7-8-12-24(23)29(33)37/h7-8,11-16,19-20,25-26H,4-6,9-10,17-18H2,1-3H3,(H,32,35)(H,39,40). The Bertz CT molecular complexity index is 1270. The molecule has 2 aliphatic rings. The number of nitrogens with one attached hydrogen (secondary N) is 1. The predicted octanol–water partition coefficient (Wildman–Crippen LogP) is 3.75. The van der Waals surface area contributed by atoms with E-state index in [2.05, 4.69) is 5.32 Å². The minimum Gasteiger partial charge on any atom is -0.497 e. The number of aliphatic carboxylic acids is 1. The van der Waals surface area contributed by atoms with Crippen LogP contribution < -0.4 is 15.0 Å². The SMILES string of the molecule is CNC(=O)C(C)N(C(=O)C(C1CCCCC1)C(CCN1C(=O)c2ccccc2C1=O)C(=O)O)c1ccc(OC)cc1. The molecule has 10 heteroatoms. The zero-order valence-electron chi connectivity index (χ0n) is 23.7. The number of anilines is 1. The van der Waals surface area contributed by atoms with Gasteiger partial charge in [-0.3, -0.25) is 33.8 Å². The highest BCUT2D eigenvalue weighted by molar-refractivity contribution is 6.21. The number of methoxy groups -OCH3 is 1. The summed E-state index contributed by atoms with van der Waals surface area (Å²) in [6.07, 6.45) is 4.01. The Hall–Kier alpha value is -4.21. The second-order valence-electron chi connectivity index (χ2n) is 10.7. The monoisotopic (exact) mass is 563 g/mol. The highest BCUT2D eigenvalue weighted by Crippen LogP contribution is 2.39. The summed E-state index contributed by atoms with van der Waals surface area (Å²) >= 11 is 0. The maximum Gasteiger partial charge on any atom is 0.307 e. The average molecular weight is 564 g/mol. The summed E-state index contributed by atoms with van der Waals surface area (Å²) in [5, 5.41) is 13.1. The van der Waals surface area contributed by atoms with Crippen LogP contribution in [0.15, 0.2) is 48.5 Å². The minimum absolute atomic E-state index is 0.0848. The van der Waals surface area contributed by atoms with Gasteiger partial charge in [-0.15, -0.1) is 0 Å². The van der Waals surface area contributed by atoms with Crippen LogP contribution in [0, 0.1) is 17.8 Å². The fourth-order valence-corrected chi connectivity index (χ4v) is 6.13. The first kappa shape index (κ1) is 29.8. The fraction of sp³-hybridized carbons (Fsp3) is 0.452. The van der Waals surface area contributed by atoms with Gasteiger partial charge in [0, 0.05) is 19.3 Å². The van der Waals surface area contributed by atoms with Crippen LogP contribution in [0.4, 0.5) is 5.69 Å². The number of nitrogens with zero attached hydrogens (tertiary/aromatic N) is 2. The Balaban J connectivity index is 1.69. The lowest BCUT2D eigenvalue weighted by molar-refractivity contribution is -0.149. The maximum atomic E-state index is 14.5. The van der Waals surface area contributed by atoms with Crippen molar-refractivity contribution >= 4 is 35.3 Å². The number of carboxylic acids is 1. The quantitative estimate of drug-likeness (QED) is 0.398. The van der Waals surface area contributed by atoms with E-state index in [9.17, 15) is 29.1 Å². The molecule has 0 saturated heterocycles. The average Bonchev–Trinajstić information content (AvgIpc) is 3.24. The molecular formula is C31H37N3O7. The van der Waals surface area contributed by atoms with E-state index in [1.807, 2.05) is 0 Å². The van der Waals surface area contributed by atoms with Crippen molar-refractivity contribution in [3.63, 3.8) is 0 Å². The maximum absolute atomic E-state index is 14.5. The number of carbonyl (C=O) groups is 5. The van der Waals surface area contributed by atoms with E-state index < -0.39 is 47.5 Å². The van der Waals surface area contributed by atoms with Crippen LogP contribution >= 0.6 is 0 Å². The molecule has 3 unspecified atom stereocenters. The van der Waals surface area contributed by atoms with Gasteiger partial charge in [0.1, 0.15) is 11.8 Å². The van der Waals surface area contributed by atoms with Crippen molar-refractivity contribution in [2.75, 3.05) is 25.6 Å². The highest BCUT2D eigenvalue weighted by Gasteiger charge is 2.45. The predicted molar refractivity (Wildman–Crippen MR) is 152 cm³/mol. The topological polar surface area (TPSA) is 133 Å². The molecule has 41 heavy (non-hydrogen) atoms. The van der Waals surface area contributed by atoms with Crippen molar-refractivity contribution in [3.05, 3.63) is 59.7 Å². The molecule has 0 aromatic heterocycles. The molecule has 0 radical (unpaired) electrons. The van der Waals surface area contributed by atoms with Gasteiger partial charge < -0.3 is 15.2 Å². The van der Waals surface area contributed by atoms with Crippen LogP contribution in [0.2, 0.25) is 0 Å². The highest BCUT2D eigenvalue weighted by atomic mass is 16.5. The van der Waals surface area contributed by atoms with Gasteiger partial charge in [-0.1, -0.05) is 31.4 Å². The van der Waals surface area contributed by atoms with Crippen molar-refractivity contribution in [1.29, 1.82) is 0 Å². The molecular weight excluding hydrogens is 526 g/mol. The second kappa shape index (κ2) is 13.0. The number of ether oxygens (including phenoxy) is 1. The molecule has 1 saturated carbocycles. The smallest absolute Gasteiger partial charge is 0.307 e. The number of likely N-dealkylation sites (N-methyl/N-ethyl adjacent to an activating group) is 1. The van der Waals surface area contributed by atoms with Gasteiger partial charge in [0.25, 0.3) is 11.8 Å². The number of hydrogen-bond donors (Lipinski definition) is 2. The second-order valence-corrected chi connectivity index (χ2v) is 10.7. The summed E-state index contributed by atoms with van der Waals surface area (Å²) in [7, 11) is 3.01. The van der Waals surface area contributed by atoms with Crippen LogP contribution in [-0.4, -0.2) is 66.3 Å². The largest absolute Gasteiger partial charge is 0.497 e. The van der Waals surface area contributed by atoms with E-state index in [0.29, 0.717) is 24.3 Å². The Morgan fingerprint density at radius 1 is 1.00 bits per heavy atom. The molecule has 0 bridgehead atoms. The summed E-state index contributed by atoms with van der Waals surface area (Å²) in [4.78, 5) is 68.5. The van der Waals surface area contributed by atoms with Gasteiger partial charge in [0.15, 0.2) is 0 Å². The van der Waals surface area contributed by atoms with Gasteiger partial charge in [0.2, 0.25) is 11.8 Å². The Kier molecular flexibility index (Phi) is 9.42. The molecule has 1 fully saturated rings. The van der Waals surface area contributed by atoms with Crippen LogP contribution in [0.3, 0.4) is 0 Å². The molecule has 1 aliphatic heterocycles. The van der Waals surface area contributed by atoms with Crippen LogP contribution in [-0.2, 0) is 14.4 Å². The van der Waals surface area contributed by atoms with Crippen molar-refractivity contribution < 1.29 is 33.8 Å². The lowest BCUT2D eigenvalue weighted by atomic mass is 9.72. The van der Waals surface area contributed by atoms with Gasteiger partial charge in [-0.05, 0) is 68.5 Å². The van der Waals surface area contributed by atoms with Crippen molar-refractivity contribution in [3.8, 4) is 5.75 Å². The van der Waals surface area contributed by atoms with E-state index in [1.165, 1.54) is 19.1 Å². The molecule has 2 aromatic carbocycles. The molecule has 4 amide bonds. The summed E-state index contributed by atoms with van der Waals surface area (Å²) in [5.74, 6) is -4.76. The first-order valence-electron chi connectivity index (χ1n) is 14.1. The first-order valence-corrected chi connectivity index (χ1v) is 14.1. The number of amides is 4. The summed E-state index contributed by atoms with van der Waals surface area (Å²) in [6, 6.07) is 12.3. The van der Waals surface area contributed by atoms with Crippen molar-refractivity contribution in [1.82, 2.24) is 10.2 Å². The lowest BCUT2D eigenvalue weighted by Crippen LogP contribution is -2.53. The minimum atomic E-state index is -1.17. The van der Waals surface area contributed by atoms with E-state index in [1.54, 1.807) is 55.5 Å². The summed E-state index contributed by atoms with van der Waals surface area (Å²) in [6.45, 7) is 1.47. The first-order chi connectivity index (χ1) is 19.7. The molecule has 218 valence electrons. The molecule has 3 atom stereocenters. The number of rotatable bonds is 11. The van der Waals surface area contributed by atoms with Gasteiger partial charge in [-0.2, -0.15) is 0 Å². The van der Waals surface area contributed by atoms with E-state index in [4.69, 9.17) is 4.74 Å². The number of hydrogen-bond acceptors (Lipinski definition) is 6. The number of fused-ring (bicyclic) bond motifs is 1. The Labute approximate surface area is 239 Å². The molecule has 1 heterocycles. The van der Waals surface area contributed by atoms with Gasteiger partial charge >= 0.3 is 5.97 Å². The third-order valence-electron chi connectivity index (χ3n) is 8.34. The van der Waals surface area contributed by atoms with Gasteiger partial charge in [-0.25, -0.2) is 0 Å². The number of benzene rings is 2. The Morgan fingerprint density at radius 3 is 2.10 bits per heavy atom. The molecule has 1 aliphatic carbocycles. The number of imide groups is 1. The van der Waals surface area contributed by atoms with Crippen molar-refractivity contribution in [2.24, 2.45) is 17.8 Å². The molecule has 4 rings (SSSR count). The number of carbonyl (C=O) groups excluding carboxylic acids is 4. The normalized spacial score (nSPS) is 17.4. The molecule has 10 nitrogen and oxygen atoms in total. The summed E-state index contributed by atoms with van der Waals surface area (Å²) in [5.41, 5.74) is 1.01. The third kappa shape index (κ3) is 6.11. The van der Waals surface area contributed by atoms with Crippen molar-refractivity contribution in [2.45, 2.75) is 51.5 Å². The zero-order valence-corrected chi connectivity index (χ0v) is 23.7. The van der Waals surface area contributed by atoms with Gasteiger partial charge in [0.05, 0.1) is 30.1 Å². The van der Waals surface area contributed by atoms with Crippen LogP contribution in [0.5, 0.6) is 5.75 Å². The zero-order chi connectivity index (χ0) is 29.7. The van der Waals surface area contributed by atoms with Crippen LogP contribution in [0.1, 0.15) is 66.2 Å². The molecule has 2 N–H and O–H groups in total.